The van der Waals surface area contributed by atoms with E-state index < -0.39 is 0 Å². The molecular weight excluding hydrogens is 412 g/mol. The van der Waals surface area contributed by atoms with Crippen LogP contribution in [-0.2, 0) is 0 Å². The van der Waals surface area contributed by atoms with E-state index >= 15 is 0 Å². The molecule has 0 aliphatic carbocycles. The van der Waals surface area contributed by atoms with Gasteiger partial charge in [0.1, 0.15) is 17.3 Å². The lowest BCUT2D eigenvalue weighted by atomic mass is 10.1. The van der Waals surface area contributed by atoms with Crippen LogP contribution in [0, 0.1) is 18.3 Å². The van der Waals surface area contributed by atoms with Crippen LogP contribution in [0.4, 0.5) is 5.69 Å². The lowest BCUT2D eigenvalue weighted by molar-refractivity contribution is 0.0581. The molecule has 33 heavy (non-hydrogen) atoms. The van der Waals surface area contributed by atoms with Gasteiger partial charge in [0, 0.05) is 31.2 Å². The van der Waals surface area contributed by atoms with E-state index in [9.17, 15) is 4.79 Å². The lowest BCUT2D eigenvalue weighted by Gasteiger charge is -2.41. The molecule has 2 aliphatic heterocycles. The van der Waals surface area contributed by atoms with Crippen LogP contribution in [0.3, 0.4) is 0 Å². The number of nitrogens with zero attached hydrogens (tertiary/aromatic N) is 4. The van der Waals surface area contributed by atoms with Gasteiger partial charge in [0.15, 0.2) is 5.75 Å². The number of aryl methyl sites for hydroxylation is 1. The number of carbonyl (C=O) groups excluding carboxylic acids is 1. The number of fused-ring (bicyclic) bond motifs is 2. The highest BCUT2D eigenvalue weighted by Crippen LogP contribution is 2.39. The van der Waals surface area contributed by atoms with Crippen molar-refractivity contribution in [2.75, 3.05) is 19.6 Å². The first kappa shape index (κ1) is 20.8. The minimum atomic E-state index is -0.0494. The molecule has 0 saturated carbocycles. The van der Waals surface area contributed by atoms with Crippen LogP contribution in [0.15, 0.2) is 71.7 Å². The molecule has 3 aromatic carbocycles. The fourth-order valence-corrected chi connectivity index (χ4v) is 4.41. The molecule has 0 radical (unpaired) electrons. The van der Waals surface area contributed by atoms with Crippen molar-refractivity contribution in [1.82, 2.24) is 9.80 Å². The van der Waals surface area contributed by atoms with Gasteiger partial charge in [0.2, 0.25) is 0 Å². The molecule has 1 saturated heterocycles. The SMILES string of the molecule is Cc1ccc2c(c1)Oc1ccccc1C(N1CCN(C(=O)c3cccc(C#N)c3)C(C)C1)=N2. The summed E-state index contributed by atoms with van der Waals surface area (Å²) in [4.78, 5) is 22.3. The third-order valence-electron chi connectivity index (χ3n) is 6.12. The Kier molecular flexibility index (Phi) is 5.31. The maximum absolute atomic E-state index is 13.2. The van der Waals surface area contributed by atoms with E-state index in [2.05, 4.69) is 17.9 Å². The van der Waals surface area contributed by atoms with E-state index in [4.69, 9.17) is 15.0 Å². The third kappa shape index (κ3) is 3.94. The van der Waals surface area contributed by atoms with E-state index in [1.54, 1.807) is 24.3 Å². The molecule has 0 bridgehead atoms. The van der Waals surface area contributed by atoms with Crippen molar-refractivity contribution in [3.8, 4) is 17.6 Å². The number of nitriles is 1. The number of rotatable bonds is 1. The monoisotopic (exact) mass is 436 g/mol. The van der Waals surface area contributed by atoms with Crippen molar-refractivity contribution >= 4 is 17.4 Å². The average Bonchev–Trinajstić information content (AvgIpc) is 3.00. The zero-order valence-electron chi connectivity index (χ0n) is 18.7. The quantitative estimate of drug-likeness (QED) is 0.544. The Labute approximate surface area is 193 Å². The largest absolute Gasteiger partial charge is 0.454 e. The highest BCUT2D eigenvalue weighted by Gasteiger charge is 2.32. The molecule has 0 spiro atoms. The van der Waals surface area contributed by atoms with Crippen molar-refractivity contribution in [3.63, 3.8) is 0 Å². The Balaban J connectivity index is 1.44. The van der Waals surface area contributed by atoms with Gasteiger partial charge in [-0.3, -0.25) is 4.79 Å². The Hall–Kier alpha value is -4.11. The van der Waals surface area contributed by atoms with E-state index in [0.29, 0.717) is 30.8 Å². The Morgan fingerprint density at radius 3 is 2.73 bits per heavy atom. The van der Waals surface area contributed by atoms with Crippen LogP contribution >= 0.6 is 0 Å². The topological polar surface area (TPSA) is 68.9 Å². The van der Waals surface area contributed by atoms with Crippen LogP contribution in [-0.4, -0.2) is 47.2 Å². The zero-order chi connectivity index (χ0) is 22.9. The summed E-state index contributed by atoms with van der Waals surface area (Å²) in [6.45, 7) is 5.96. The Morgan fingerprint density at radius 1 is 1.06 bits per heavy atom. The molecule has 1 fully saturated rings. The second-order valence-corrected chi connectivity index (χ2v) is 8.49. The molecular formula is C27H24N4O2. The second kappa shape index (κ2) is 8.44. The third-order valence-corrected chi connectivity index (χ3v) is 6.12. The standard InChI is InChI=1S/C27H24N4O2/c1-18-10-11-23-25(14-18)33-24-9-4-3-8-22(24)26(29-23)30-12-13-31(19(2)17-30)27(32)21-7-5-6-20(15-21)16-28/h3-11,14-15,19H,12-13,17H2,1-2H3. The summed E-state index contributed by atoms with van der Waals surface area (Å²) in [6, 6.07) is 23.0. The summed E-state index contributed by atoms with van der Waals surface area (Å²) in [6.07, 6.45) is 0. The first-order valence-corrected chi connectivity index (χ1v) is 11.1. The van der Waals surface area contributed by atoms with Gasteiger partial charge < -0.3 is 14.5 Å². The molecule has 0 aromatic heterocycles. The summed E-state index contributed by atoms with van der Waals surface area (Å²) in [5.41, 5.74) is 3.90. The summed E-state index contributed by atoms with van der Waals surface area (Å²) < 4.78 is 6.24. The van der Waals surface area contributed by atoms with Gasteiger partial charge in [-0.05, 0) is 61.9 Å². The normalized spacial score (nSPS) is 17.1. The van der Waals surface area contributed by atoms with Crippen LogP contribution in [0.25, 0.3) is 0 Å². The van der Waals surface area contributed by atoms with Gasteiger partial charge in [-0.25, -0.2) is 4.99 Å². The lowest BCUT2D eigenvalue weighted by Crippen LogP contribution is -2.55. The average molecular weight is 437 g/mol. The molecule has 1 atom stereocenters. The molecule has 2 heterocycles. The molecule has 6 nitrogen and oxygen atoms in total. The van der Waals surface area contributed by atoms with Crippen molar-refractivity contribution in [3.05, 3.63) is 89.0 Å². The first-order chi connectivity index (χ1) is 16.0. The fourth-order valence-electron chi connectivity index (χ4n) is 4.41. The highest BCUT2D eigenvalue weighted by atomic mass is 16.5. The Morgan fingerprint density at radius 2 is 1.91 bits per heavy atom. The Bertz CT molecular complexity index is 1310. The molecule has 3 aromatic rings. The minimum absolute atomic E-state index is 0.0199. The summed E-state index contributed by atoms with van der Waals surface area (Å²) >= 11 is 0. The highest BCUT2D eigenvalue weighted by molar-refractivity contribution is 6.04. The van der Waals surface area contributed by atoms with Crippen LogP contribution < -0.4 is 4.74 Å². The number of ether oxygens (including phenoxy) is 1. The summed E-state index contributed by atoms with van der Waals surface area (Å²) in [5.74, 6) is 2.34. The molecule has 5 rings (SSSR count). The maximum Gasteiger partial charge on any atom is 0.254 e. The van der Waals surface area contributed by atoms with Gasteiger partial charge in [-0.15, -0.1) is 0 Å². The number of para-hydroxylation sites is 1. The maximum atomic E-state index is 13.2. The number of hydrogen-bond donors (Lipinski definition) is 0. The molecule has 6 heteroatoms. The molecule has 1 amide bonds. The van der Waals surface area contributed by atoms with E-state index in [0.717, 1.165) is 34.1 Å². The van der Waals surface area contributed by atoms with Crippen LogP contribution in [0.1, 0.15) is 34.0 Å². The van der Waals surface area contributed by atoms with Crippen molar-refractivity contribution in [2.45, 2.75) is 19.9 Å². The predicted octanol–water partition coefficient (Wildman–Crippen LogP) is 4.90. The summed E-state index contributed by atoms with van der Waals surface area (Å²) in [7, 11) is 0. The van der Waals surface area contributed by atoms with Crippen LogP contribution in [0.2, 0.25) is 0 Å². The minimum Gasteiger partial charge on any atom is -0.454 e. The van der Waals surface area contributed by atoms with E-state index in [-0.39, 0.29) is 11.9 Å². The number of hydrogen-bond acceptors (Lipinski definition) is 5. The molecule has 2 aliphatic rings. The smallest absolute Gasteiger partial charge is 0.254 e. The fraction of sp³-hybridized carbons (Fsp3) is 0.222. The van der Waals surface area contributed by atoms with Gasteiger partial charge in [0.05, 0.1) is 17.2 Å². The second-order valence-electron chi connectivity index (χ2n) is 8.49. The van der Waals surface area contributed by atoms with Gasteiger partial charge in [0.25, 0.3) is 5.91 Å². The van der Waals surface area contributed by atoms with E-state index in [1.165, 1.54) is 0 Å². The predicted molar refractivity (Wildman–Crippen MR) is 127 cm³/mol. The number of aliphatic imine (C=N–C) groups is 1. The van der Waals surface area contributed by atoms with Crippen molar-refractivity contribution < 1.29 is 9.53 Å². The summed E-state index contributed by atoms with van der Waals surface area (Å²) in [5, 5.41) is 9.17. The number of amidine groups is 1. The molecule has 164 valence electrons. The van der Waals surface area contributed by atoms with Crippen molar-refractivity contribution in [2.24, 2.45) is 4.99 Å². The number of benzene rings is 3. The molecule has 1 unspecified atom stereocenters. The molecule has 0 N–H and O–H groups in total. The first-order valence-electron chi connectivity index (χ1n) is 11.1. The van der Waals surface area contributed by atoms with Gasteiger partial charge >= 0.3 is 0 Å². The van der Waals surface area contributed by atoms with Crippen molar-refractivity contribution in [1.29, 1.82) is 5.26 Å². The number of piperazine rings is 1. The van der Waals surface area contributed by atoms with Gasteiger partial charge in [-0.1, -0.05) is 24.3 Å². The number of amides is 1. The van der Waals surface area contributed by atoms with E-state index in [1.807, 2.05) is 54.3 Å². The van der Waals surface area contributed by atoms with Gasteiger partial charge in [-0.2, -0.15) is 5.26 Å². The zero-order valence-corrected chi connectivity index (χ0v) is 18.7. The number of carbonyl (C=O) groups is 1. The van der Waals surface area contributed by atoms with Crippen LogP contribution in [0.5, 0.6) is 11.5 Å².